The van der Waals surface area contributed by atoms with Crippen molar-refractivity contribution in [2.45, 2.75) is 13.0 Å². The van der Waals surface area contributed by atoms with E-state index in [0.29, 0.717) is 0 Å². The molecular formula is C7H16O6. The highest BCUT2D eigenvalue weighted by Crippen LogP contribution is 1.71. The third kappa shape index (κ3) is 103. The predicted molar refractivity (Wildman–Crippen MR) is 46.7 cm³/mol. The first kappa shape index (κ1) is 17.8. The summed E-state index contributed by atoms with van der Waals surface area (Å²) in [5.74, 6) is 0. The standard InChI is InChI=1S/C3H8O3.C3H6.CH2O3/c4-1-3(6)2-5;1-3-2;2-1(3)4/h3-6H,1-2H2;3H,1H2,2H3;(H2,2,3,4). The average molecular weight is 196 g/mol. The lowest BCUT2D eigenvalue weighted by molar-refractivity contribution is 0.0450. The van der Waals surface area contributed by atoms with E-state index in [4.69, 9.17) is 30.3 Å². The molecule has 0 atom stereocenters. The molecule has 0 bridgehead atoms. The number of aliphatic hydroxyl groups excluding tert-OH is 3. The Morgan fingerprint density at radius 1 is 1.38 bits per heavy atom. The summed E-state index contributed by atoms with van der Waals surface area (Å²) in [7, 11) is 0. The first-order valence-corrected chi connectivity index (χ1v) is 3.34. The molecular weight excluding hydrogens is 180 g/mol. The van der Waals surface area contributed by atoms with Crippen LogP contribution in [0.1, 0.15) is 6.92 Å². The molecule has 0 aromatic carbocycles. The zero-order chi connectivity index (χ0) is 11.3. The zero-order valence-electron chi connectivity index (χ0n) is 7.42. The fraction of sp³-hybridized carbons (Fsp3) is 0.571. The Balaban J connectivity index is -0.000000125. The maximum atomic E-state index is 8.56. The fourth-order valence-electron chi connectivity index (χ4n) is 0.0577. The second-order valence-electron chi connectivity index (χ2n) is 1.71. The first-order valence-electron chi connectivity index (χ1n) is 3.34. The smallest absolute Gasteiger partial charge is 0.450 e. The summed E-state index contributed by atoms with van der Waals surface area (Å²) in [4.78, 5) is 8.56. The molecule has 0 fully saturated rings. The van der Waals surface area contributed by atoms with Gasteiger partial charge < -0.3 is 25.5 Å². The van der Waals surface area contributed by atoms with E-state index in [2.05, 4.69) is 6.58 Å². The van der Waals surface area contributed by atoms with Crippen LogP contribution in [0.5, 0.6) is 0 Å². The van der Waals surface area contributed by atoms with Crippen LogP contribution in [-0.4, -0.2) is 51.0 Å². The topological polar surface area (TPSA) is 118 Å². The molecule has 0 aliphatic heterocycles. The van der Waals surface area contributed by atoms with Gasteiger partial charge in [-0.2, -0.15) is 0 Å². The fourth-order valence-corrected chi connectivity index (χ4v) is 0.0577. The molecule has 0 rings (SSSR count). The van der Waals surface area contributed by atoms with Crippen LogP contribution in [0.4, 0.5) is 4.79 Å². The van der Waals surface area contributed by atoms with Gasteiger partial charge in [0.15, 0.2) is 0 Å². The van der Waals surface area contributed by atoms with E-state index < -0.39 is 12.3 Å². The van der Waals surface area contributed by atoms with Crippen LogP contribution in [0.3, 0.4) is 0 Å². The molecule has 6 nitrogen and oxygen atoms in total. The van der Waals surface area contributed by atoms with Crippen molar-refractivity contribution < 1.29 is 30.3 Å². The number of hydrogen-bond donors (Lipinski definition) is 5. The molecule has 0 aliphatic carbocycles. The molecule has 0 aliphatic rings. The van der Waals surface area contributed by atoms with E-state index in [1.165, 1.54) is 0 Å². The van der Waals surface area contributed by atoms with E-state index in [0.717, 1.165) is 0 Å². The number of aliphatic hydroxyl groups is 3. The number of hydrogen-bond acceptors (Lipinski definition) is 4. The second-order valence-corrected chi connectivity index (χ2v) is 1.71. The number of carbonyl (C=O) groups is 1. The molecule has 6 heteroatoms. The minimum absolute atomic E-state index is 0.365. The predicted octanol–water partition coefficient (Wildman–Crippen LogP) is -0.253. The molecule has 0 spiro atoms. The second kappa shape index (κ2) is 17.1. The van der Waals surface area contributed by atoms with Gasteiger partial charge in [-0.05, 0) is 6.92 Å². The van der Waals surface area contributed by atoms with Crippen LogP contribution in [0.15, 0.2) is 12.7 Å². The highest BCUT2D eigenvalue weighted by molar-refractivity contribution is 5.53. The van der Waals surface area contributed by atoms with Gasteiger partial charge in [-0.3, -0.25) is 0 Å². The summed E-state index contributed by atoms with van der Waals surface area (Å²) >= 11 is 0. The molecule has 80 valence electrons. The number of rotatable bonds is 2. The van der Waals surface area contributed by atoms with E-state index in [1.807, 2.05) is 6.92 Å². The van der Waals surface area contributed by atoms with Gasteiger partial charge >= 0.3 is 6.16 Å². The maximum Gasteiger partial charge on any atom is 0.503 e. The number of carboxylic acid groups (broad SMARTS) is 2. The van der Waals surface area contributed by atoms with Gasteiger partial charge in [-0.15, -0.1) is 6.58 Å². The van der Waals surface area contributed by atoms with Crippen LogP contribution >= 0.6 is 0 Å². The van der Waals surface area contributed by atoms with Crippen molar-refractivity contribution in [1.29, 1.82) is 0 Å². The van der Waals surface area contributed by atoms with Crippen LogP contribution in [0, 0.1) is 0 Å². The summed E-state index contributed by atoms with van der Waals surface area (Å²) in [6, 6.07) is 0. The molecule has 0 amide bonds. The molecule has 0 aromatic heterocycles. The normalized spacial score (nSPS) is 7.46. The van der Waals surface area contributed by atoms with Gasteiger partial charge in [0.2, 0.25) is 0 Å². The minimum Gasteiger partial charge on any atom is -0.450 e. The lowest BCUT2D eigenvalue weighted by atomic mass is 10.4. The van der Waals surface area contributed by atoms with Crippen LogP contribution < -0.4 is 0 Å². The van der Waals surface area contributed by atoms with Gasteiger partial charge in [0.1, 0.15) is 6.10 Å². The first-order chi connectivity index (χ1) is 5.95. The Labute approximate surface area is 76.4 Å². The zero-order valence-corrected chi connectivity index (χ0v) is 7.42. The molecule has 0 heterocycles. The summed E-state index contributed by atoms with van der Waals surface area (Å²) in [5, 5.41) is 38.0. The molecule has 0 saturated heterocycles. The van der Waals surface area contributed by atoms with E-state index in [-0.39, 0.29) is 13.2 Å². The van der Waals surface area contributed by atoms with Crippen LogP contribution in [0.2, 0.25) is 0 Å². The van der Waals surface area contributed by atoms with Crippen molar-refractivity contribution >= 4 is 6.16 Å². The molecule has 0 radical (unpaired) electrons. The third-order valence-corrected chi connectivity index (χ3v) is 0.421. The quantitative estimate of drug-likeness (QED) is 0.388. The molecule has 0 aromatic rings. The van der Waals surface area contributed by atoms with E-state index >= 15 is 0 Å². The monoisotopic (exact) mass is 196 g/mol. The van der Waals surface area contributed by atoms with Gasteiger partial charge in [0.05, 0.1) is 13.2 Å². The van der Waals surface area contributed by atoms with E-state index in [9.17, 15) is 0 Å². The lowest BCUT2D eigenvalue weighted by Gasteiger charge is -1.96. The summed E-state index contributed by atoms with van der Waals surface area (Å²) in [6.07, 6.45) is -1.04. The van der Waals surface area contributed by atoms with Crippen molar-refractivity contribution in [2.75, 3.05) is 13.2 Å². The number of allylic oxidation sites excluding steroid dienone is 1. The van der Waals surface area contributed by atoms with Gasteiger partial charge in [-0.1, -0.05) is 6.08 Å². The van der Waals surface area contributed by atoms with Gasteiger partial charge in [0.25, 0.3) is 0 Å². The lowest BCUT2D eigenvalue weighted by Crippen LogP contribution is -2.15. The average Bonchev–Trinajstić information content (AvgIpc) is 2.03. The van der Waals surface area contributed by atoms with E-state index in [1.54, 1.807) is 6.08 Å². The molecule has 13 heavy (non-hydrogen) atoms. The highest BCUT2D eigenvalue weighted by Gasteiger charge is 1.93. The highest BCUT2D eigenvalue weighted by atomic mass is 16.6. The summed E-state index contributed by atoms with van der Waals surface area (Å²) < 4.78 is 0. The van der Waals surface area contributed by atoms with Crippen molar-refractivity contribution in [1.82, 2.24) is 0 Å². The largest absolute Gasteiger partial charge is 0.503 e. The summed E-state index contributed by atoms with van der Waals surface area (Å²) in [6.45, 7) is 4.52. The Morgan fingerprint density at radius 2 is 1.54 bits per heavy atom. The minimum atomic E-state index is -1.83. The Bertz CT molecular complexity index is 106. The molecule has 0 unspecified atom stereocenters. The SMILES string of the molecule is C=CC.O=C(O)O.OCC(O)CO. The Kier molecular flexibility index (Phi) is 23.5. The maximum absolute atomic E-state index is 8.56. The van der Waals surface area contributed by atoms with Crippen molar-refractivity contribution in [3.8, 4) is 0 Å². The van der Waals surface area contributed by atoms with Gasteiger partial charge in [0, 0.05) is 0 Å². The van der Waals surface area contributed by atoms with Crippen LogP contribution in [0.25, 0.3) is 0 Å². The van der Waals surface area contributed by atoms with Crippen molar-refractivity contribution in [3.63, 3.8) is 0 Å². The third-order valence-electron chi connectivity index (χ3n) is 0.421. The Morgan fingerprint density at radius 3 is 1.54 bits per heavy atom. The van der Waals surface area contributed by atoms with Crippen molar-refractivity contribution in [3.05, 3.63) is 12.7 Å². The Hall–Kier alpha value is -1.11. The van der Waals surface area contributed by atoms with Gasteiger partial charge in [-0.25, -0.2) is 4.79 Å². The van der Waals surface area contributed by atoms with Crippen molar-refractivity contribution in [2.24, 2.45) is 0 Å². The molecule has 0 saturated carbocycles. The van der Waals surface area contributed by atoms with Crippen LogP contribution in [-0.2, 0) is 0 Å². The molecule has 5 N–H and O–H groups in total. The summed E-state index contributed by atoms with van der Waals surface area (Å²) in [5.41, 5.74) is 0.